The van der Waals surface area contributed by atoms with Crippen molar-refractivity contribution in [3.05, 3.63) is 59.2 Å². The Labute approximate surface area is 130 Å². The molecule has 1 aliphatic rings. The summed E-state index contributed by atoms with van der Waals surface area (Å²) >= 11 is 0. The Morgan fingerprint density at radius 3 is 2.68 bits per heavy atom. The highest BCUT2D eigenvalue weighted by molar-refractivity contribution is 5.99. The van der Waals surface area contributed by atoms with E-state index in [4.69, 9.17) is 4.74 Å². The second-order valence-electron chi connectivity index (χ2n) is 5.43. The van der Waals surface area contributed by atoms with Gasteiger partial charge in [-0.3, -0.25) is 4.79 Å². The molecule has 4 nitrogen and oxygen atoms in total. The van der Waals surface area contributed by atoms with Gasteiger partial charge in [-0.2, -0.15) is 0 Å². The van der Waals surface area contributed by atoms with Gasteiger partial charge in [0.05, 0.1) is 13.2 Å². The number of rotatable bonds is 5. The van der Waals surface area contributed by atoms with Gasteiger partial charge in [0.15, 0.2) is 0 Å². The second kappa shape index (κ2) is 6.10. The number of hydrogen-bond donors (Lipinski definition) is 2. The molecule has 1 heterocycles. The summed E-state index contributed by atoms with van der Waals surface area (Å²) < 4.78 is 5.20. The first-order valence-electron chi connectivity index (χ1n) is 7.53. The quantitative estimate of drug-likeness (QED) is 0.888. The van der Waals surface area contributed by atoms with E-state index in [-0.39, 0.29) is 11.9 Å². The Hall–Kier alpha value is -2.49. The highest BCUT2D eigenvalue weighted by Crippen LogP contribution is 2.27. The fourth-order valence-corrected chi connectivity index (χ4v) is 2.76. The molecule has 1 atom stereocenters. The lowest BCUT2D eigenvalue weighted by Gasteiger charge is -2.19. The van der Waals surface area contributed by atoms with Gasteiger partial charge < -0.3 is 15.4 Å². The smallest absolute Gasteiger partial charge is 0.251 e. The average Bonchev–Trinajstić information content (AvgIpc) is 2.93. The summed E-state index contributed by atoms with van der Waals surface area (Å²) in [6.07, 6.45) is 0.954. The maximum atomic E-state index is 11.8. The van der Waals surface area contributed by atoms with Gasteiger partial charge in [0.25, 0.3) is 5.91 Å². The predicted octanol–water partition coefficient (Wildman–Crippen LogP) is 3.50. The molecule has 0 spiro atoms. The van der Waals surface area contributed by atoms with E-state index >= 15 is 0 Å². The molecule has 114 valence electrons. The highest BCUT2D eigenvalue weighted by Gasteiger charge is 2.19. The normalized spacial score (nSPS) is 14.2. The van der Waals surface area contributed by atoms with E-state index in [0.717, 1.165) is 29.0 Å². The van der Waals surface area contributed by atoms with E-state index in [1.165, 1.54) is 5.56 Å². The van der Waals surface area contributed by atoms with Crippen molar-refractivity contribution in [2.75, 3.05) is 12.4 Å². The van der Waals surface area contributed by atoms with Crippen LogP contribution in [0.25, 0.3) is 0 Å². The van der Waals surface area contributed by atoms with Gasteiger partial charge >= 0.3 is 0 Å². The summed E-state index contributed by atoms with van der Waals surface area (Å²) in [4.78, 5) is 11.8. The maximum absolute atomic E-state index is 11.8. The largest absolute Gasteiger partial charge is 0.497 e. The molecule has 0 saturated heterocycles. The second-order valence-corrected chi connectivity index (χ2v) is 5.43. The minimum atomic E-state index is 0.0103. The molecule has 1 aliphatic heterocycles. The molecule has 2 aromatic carbocycles. The summed E-state index contributed by atoms with van der Waals surface area (Å²) in [7, 11) is 1.67. The first-order chi connectivity index (χ1) is 10.7. The van der Waals surface area contributed by atoms with E-state index in [0.29, 0.717) is 6.54 Å². The molecule has 0 radical (unpaired) electrons. The lowest BCUT2D eigenvalue weighted by atomic mass is 10.0. The third-order valence-corrected chi connectivity index (χ3v) is 4.06. The maximum Gasteiger partial charge on any atom is 0.251 e. The number of nitrogens with one attached hydrogen (secondary N) is 2. The van der Waals surface area contributed by atoms with Gasteiger partial charge in [0.1, 0.15) is 5.75 Å². The first kappa shape index (κ1) is 14.4. The van der Waals surface area contributed by atoms with Crippen LogP contribution in [0.1, 0.15) is 40.9 Å². The fourth-order valence-electron chi connectivity index (χ4n) is 2.76. The molecule has 4 heteroatoms. The summed E-state index contributed by atoms with van der Waals surface area (Å²) in [5.74, 6) is 0.865. The fraction of sp³-hybridized carbons (Fsp3) is 0.278. The molecule has 0 aliphatic carbocycles. The summed E-state index contributed by atoms with van der Waals surface area (Å²) in [6, 6.07) is 14.3. The monoisotopic (exact) mass is 296 g/mol. The zero-order valence-corrected chi connectivity index (χ0v) is 12.8. The van der Waals surface area contributed by atoms with Crippen LogP contribution < -0.4 is 15.4 Å². The number of ether oxygens (including phenoxy) is 1. The van der Waals surface area contributed by atoms with Crippen LogP contribution in [0, 0.1) is 0 Å². The molecule has 0 saturated carbocycles. The Morgan fingerprint density at radius 1 is 1.23 bits per heavy atom. The molecule has 2 N–H and O–H groups in total. The summed E-state index contributed by atoms with van der Waals surface area (Å²) in [6.45, 7) is 2.77. The van der Waals surface area contributed by atoms with E-state index < -0.39 is 0 Å². The van der Waals surface area contributed by atoms with Crippen LogP contribution in [-0.2, 0) is 6.54 Å². The van der Waals surface area contributed by atoms with E-state index in [1.54, 1.807) is 7.11 Å². The Kier molecular flexibility index (Phi) is 4.00. The Balaban J connectivity index is 1.80. The molecule has 2 aromatic rings. The Morgan fingerprint density at radius 2 is 2.00 bits per heavy atom. The lowest BCUT2D eigenvalue weighted by Crippen LogP contribution is -2.13. The van der Waals surface area contributed by atoms with Crippen molar-refractivity contribution in [1.82, 2.24) is 5.32 Å². The zero-order chi connectivity index (χ0) is 15.5. The van der Waals surface area contributed by atoms with E-state index in [9.17, 15) is 4.79 Å². The van der Waals surface area contributed by atoms with Gasteiger partial charge in [0.2, 0.25) is 0 Å². The van der Waals surface area contributed by atoms with Crippen molar-refractivity contribution in [3.8, 4) is 5.75 Å². The van der Waals surface area contributed by atoms with Crippen LogP contribution in [0.5, 0.6) is 5.75 Å². The number of anilines is 1. The average molecular weight is 296 g/mol. The van der Waals surface area contributed by atoms with Crippen LogP contribution in [0.3, 0.4) is 0 Å². The molecule has 0 bridgehead atoms. The summed E-state index contributed by atoms with van der Waals surface area (Å²) in [5.41, 5.74) is 4.01. The van der Waals surface area contributed by atoms with Gasteiger partial charge in [-0.25, -0.2) is 0 Å². The predicted molar refractivity (Wildman–Crippen MR) is 87.3 cm³/mol. The van der Waals surface area contributed by atoms with Gasteiger partial charge in [-0.05, 0) is 41.8 Å². The van der Waals surface area contributed by atoms with Crippen LogP contribution in [0.2, 0.25) is 0 Å². The van der Waals surface area contributed by atoms with Gasteiger partial charge in [-0.15, -0.1) is 0 Å². The van der Waals surface area contributed by atoms with Crippen molar-refractivity contribution in [1.29, 1.82) is 0 Å². The molecule has 1 amide bonds. The zero-order valence-electron chi connectivity index (χ0n) is 12.8. The minimum absolute atomic E-state index is 0.0103. The molecule has 22 heavy (non-hydrogen) atoms. The molecule has 0 unspecified atom stereocenters. The minimum Gasteiger partial charge on any atom is -0.497 e. The van der Waals surface area contributed by atoms with Crippen molar-refractivity contribution in [3.63, 3.8) is 0 Å². The molecule has 0 fully saturated rings. The van der Waals surface area contributed by atoms with Crippen molar-refractivity contribution >= 4 is 11.6 Å². The summed E-state index contributed by atoms with van der Waals surface area (Å²) in [5, 5.41) is 6.36. The number of hydrogen-bond acceptors (Lipinski definition) is 3. The molecule has 3 rings (SSSR count). The third kappa shape index (κ3) is 2.77. The number of carbonyl (C=O) groups is 1. The Bertz CT molecular complexity index is 680. The molecular weight excluding hydrogens is 276 g/mol. The number of benzene rings is 2. The van der Waals surface area contributed by atoms with Crippen LogP contribution in [0.15, 0.2) is 42.5 Å². The van der Waals surface area contributed by atoms with Crippen molar-refractivity contribution < 1.29 is 9.53 Å². The number of carbonyl (C=O) groups excluding carboxylic acids is 1. The third-order valence-electron chi connectivity index (χ3n) is 4.06. The number of methoxy groups -OCH3 is 1. The molecule has 0 aromatic heterocycles. The van der Waals surface area contributed by atoms with Crippen LogP contribution in [0.4, 0.5) is 5.69 Å². The highest BCUT2D eigenvalue weighted by atomic mass is 16.5. The SMILES string of the molecule is CC[C@@H](Nc1ccc2c(c1)C(=O)NC2)c1ccc(OC)cc1. The van der Waals surface area contributed by atoms with Crippen LogP contribution >= 0.6 is 0 Å². The van der Waals surface area contributed by atoms with E-state index in [2.05, 4.69) is 29.7 Å². The van der Waals surface area contributed by atoms with Gasteiger partial charge in [-0.1, -0.05) is 25.1 Å². The standard InChI is InChI=1S/C18H20N2O2/c1-3-17(12-5-8-15(22-2)9-6-12)20-14-7-4-13-11-19-18(21)16(13)10-14/h4-10,17,20H,3,11H2,1-2H3,(H,19,21)/t17-/m1/s1. The molecular formula is C18H20N2O2. The lowest BCUT2D eigenvalue weighted by molar-refractivity contribution is 0.0966. The van der Waals surface area contributed by atoms with Crippen LogP contribution in [-0.4, -0.2) is 13.0 Å². The first-order valence-corrected chi connectivity index (χ1v) is 7.53. The number of amides is 1. The van der Waals surface area contributed by atoms with Crippen molar-refractivity contribution in [2.24, 2.45) is 0 Å². The van der Waals surface area contributed by atoms with Gasteiger partial charge in [0, 0.05) is 17.8 Å². The van der Waals surface area contributed by atoms with Crippen molar-refractivity contribution in [2.45, 2.75) is 25.9 Å². The van der Waals surface area contributed by atoms with E-state index in [1.807, 2.05) is 30.3 Å². The topological polar surface area (TPSA) is 50.4 Å². The number of fused-ring (bicyclic) bond motifs is 1.